The van der Waals surface area contributed by atoms with Crippen LogP contribution in [-0.2, 0) is 17.8 Å². The van der Waals surface area contributed by atoms with E-state index in [4.69, 9.17) is 10.2 Å². The number of carbonyl (C=O) groups is 1. The fourth-order valence-electron chi connectivity index (χ4n) is 2.50. The quantitative estimate of drug-likeness (QED) is 0.783. The molecule has 0 fully saturated rings. The second-order valence-electron chi connectivity index (χ2n) is 5.74. The lowest BCUT2D eigenvalue weighted by Crippen LogP contribution is -2.19. The third kappa shape index (κ3) is 2.72. The van der Waals surface area contributed by atoms with Gasteiger partial charge in [0, 0.05) is 17.3 Å². The van der Waals surface area contributed by atoms with Crippen LogP contribution in [0.1, 0.15) is 19.7 Å². The van der Waals surface area contributed by atoms with Crippen LogP contribution in [0.15, 0.2) is 34.7 Å². The molecule has 6 nitrogen and oxygen atoms in total. The standard InChI is InChI=1S/C16H18N4O2/c1-10(2)7-15-18-19-16(22-15)13-8-11-5-3-4-6-12(11)20(13)9-14(17)21/h3-6,8,10H,7,9H2,1-2H3,(H2,17,21). The summed E-state index contributed by atoms with van der Waals surface area (Å²) >= 11 is 0. The van der Waals surface area contributed by atoms with E-state index in [1.807, 2.05) is 34.9 Å². The third-order valence-corrected chi connectivity index (χ3v) is 3.39. The first-order valence-corrected chi connectivity index (χ1v) is 7.24. The van der Waals surface area contributed by atoms with Gasteiger partial charge in [0.25, 0.3) is 5.89 Å². The summed E-state index contributed by atoms with van der Waals surface area (Å²) in [6.45, 7) is 4.26. The predicted molar refractivity (Wildman–Crippen MR) is 83.0 cm³/mol. The Balaban J connectivity index is 2.09. The van der Waals surface area contributed by atoms with E-state index < -0.39 is 5.91 Å². The van der Waals surface area contributed by atoms with Gasteiger partial charge in [-0.05, 0) is 18.1 Å². The molecule has 3 aromatic rings. The highest BCUT2D eigenvalue weighted by Gasteiger charge is 2.17. The number of hydrogen-bond donors (Lipinski definition) is 1. The van der Waals surface area contributed by atoms with Gasteiger partial charge in [0.05, 0.1) is 0 Å². The highest BCUT2D eigenvalue weighted by atomic mass is 16.4. The predicted octanol–water partition coefficient (Wildman–Crippen LogP) is 2.38. The Morgan fingerprint density at radius 2 is 2.09 bits per heavy atom. The van der Waals surface area contributed by atoms with Crippen molar-refractivity contribution in [3.8, 4) is 11.6 Å². The average molecular weight is 298 g/mol. The molecule has 6 heteroatoms. The lowest BCUT2D eigenvalue weighted by atomic mass is 10.1. The Labute approximate surface area is 127 Å². The van der Waals surface area contributed by atoms with Crippen LogP contribution in [-0.4, -0.2) is 20.7 Å². The lowest BCUT2D eigenvalue weighted by molar-refractivity contribution is -0.118. The van der Waals surface area contributed by atoms with Crippen LogP contribution in [0.2, 0.25) is 0 Å². The molecular weight excluding hydrogens is 280 g/mol. The monoisotopic (exact) mass is 298 g/mol. The van der Waals surface area contributed by atoms with Crippen molar-refractivity contribution in [1.29, 1.82) is 0 Å². The van der Waals surface area contributed by atoms with E-state index in [0.717, 1.165) is 17.3 Å². The number of rotatable bonds is 5. The zero-order valence-electron chi connectivity index (χ0n) is 12.6. The molecule has 2 heterocycles. The summed E-state index contributed by atoms with van der Waals surface area (Å²) in [5.41, 5.74) is 6.99. The van der Waals surface area contributed by atoms with Gasteiger partial charge < -0.3 is 14.7 Å². The smallest absolute Gasteiger partial charge is 0.264 e. The SMILES string of the molecule is CC(C)Cc1nnc(-c2cc3ccccc3n2CC(N)=O)o1. The first kappa shape index (κ1) is 14.3. The fourth-order valence-corrected chi connectivity index (χ4v) is 2.50. The largest absolute Gasteiger partial charge is 0.419 e. The van der Waals surface area contributed by atoms with Crippen molar-refractivity contribution >= 4 is 16.8 Å². The molecule has 1 aromatic carbocycles. The molecule has 22 heavy (non-hydrogen) atoms. The first-order chi connectivity index (χ1) is 10.5. The van der Waals surface area contributed by atoms with Gasteiger partial charge in [-0.25, -0.2) is 0 Å². The van der Waals surface area contributed by atoms with Crippen molar-refractivity contribution in [1.82, 2.24) is 14.8 Å². The van der Waals surface area contributed by atoms with E-state index in [2.05, 4.69) is 24.0 Å². The minimum absolute atomic E-state index is 0.0741. The number of carbonyl (C=O) groups excluding carboxylic acids is 1. The fraction of sp³-hybridized carbons (Fsp3) is 0.312. The molecule has 0 spiro atoms. The highest BCUT2D eigenvalue weighted by Crippen LogP contribution is 2.27. The number of nitrogens with zero attached hydrogens (tertiary/aromatic N) is 3. The maximum absolute atomic E-state index is 11.4. The molecule has 0 radical (unpaired) electrons. The second kappa shape index (κ2) is 5.63. The Morgan fingerprint density at radius 3 is 2.82 bits per heavy atom. The maximum Gasteiger partial charge on any atom is 0.264 e. The summed E-state index contributed by atoms with van der Waals surface area (Å²) in [5, 5.41) is 9.19. The normalized spacial score (nSPS) is 11.4. The molecule has 0 unspecified atom stereocenters. The van der Waals surface area contributed by atoms with Crippen LogP contribution < -0.4 is 5.73 Å². The van der Waals surface area contributed by atoms with Crippen LogP contribution >= 0.6 is 0 Å². The van der Waals surface area contributed by atoms with Gasteiger partial charge in [0.15, 0.2) is 0 Å². The van der Waals surface area contributed by atoms with Crippen molar-refractivity contribution < 1.29 is 9.21 Å². The van der Waals surface area contributed by atoms with Gasteiger partial charge in [-0.15, -0.1) is 10.2 Å². The van der Waals surface area contributed by atoms with Crippen LogP contribution in [0.25, 0.3) is 22.5 Å². The Hall–Kier alpha value is -2.63. The van der Waals surface area contributed by atoms with Gasteiger partial charge in [-0.2, -0.15) is 0 Å². The van der Waals surface area contributed by atoms with E-state index in [-0.39, 0.29) is 6.54 Å². The van der Waals surface area contributed by atoms with Crippen molar-refractivity contribution in [2.75, 3.05) is 0 Å². The number of hydrogen-bond acceptors (Lipinski definition) is 4. The summed E-state index contributed by atoms with van der Waals surface area (Å²) in [7, 11) is 0. The van der Waals surface area contributed by atoms with Gasteiger partial charge in [-0.3, -0.25) is 4.79 Å². The van der Waals surface area contributed by atoms with Crippen LogP contribution in [0.4, 0.5) is 0 Å². The molecule has 0 saturated heterocycles. The molecule has 0 aliphatic heterocycles. The number of amides is 1. The molecule has 0 aliphatic carbocycles. The maximum atomic E-state index is 11.4. The number of nitrogens with two attached hydrogens (primary N) is 1. The lowest BCUT2D eigenvalue weighted by Gasteiger charge is -2.05. The van der Waals surface area contributed by atoms with E-state index in [9.17, 15) is 4.79 Å². The number of aromatic nitrogens is 3. The molecule has 2 aromatic heterocycles. The number of benzene rings is 1. The molecule has 0 atom stereocenters. The summed E-state index contributed by atoms with van der Waals surface area (Å²) in [6, 6.07) is 9.71. The van der Waals surface area contributed by atoms with Crippen LogP contribution in [0.3, 0.4) is 0 Å². The van der Waals surface area contributed by atoms with Crippen molar-refractivity contribution in [2.24, 2.45) is 11.7 Å². The summed E-state index contributed by atoms with van der Waals surface area (Å²) in [5.74, 6) is 1.03. The second-order valence-corrected chi connectivity index (χ2v) is 5.74. The van der Waals surface area contributed by atoms with Crippen LogP contribution in [0, 0.1) is 5.92 Å². The minimum Gasteiger partial charge on any atom is -0.419 e. The topological polar surface area (TPSA) is 86.9 Å². The molecule has 0 bridgehead atoms. The summed E-state index contributed by atoms with van der Waals surface area (Å²) < 4.78 is 7.55. The van der Waals surface area contributed by atoms with Gasteiger partial charge >= 0.3 is 0 Å². The third-order valence-electron chi connectivity index (χ3n) is 3.39. The zero-order valence-corrected chi connectivity index (χ0v) is 12.6. The summed E-state index contributed by atoms with van der Waals surface area (Å²) in [4.78, 5) is 11.4. The number of fused-ring (bicyclic) bond motifs is 1. The average Bonchev–Trinajstić information content (AvgIpc) is 3.03. The van der Waals surface area contributed by atoms with Gasteiger partial charge in [0.2, 0.25) is 11.8 Å². The first-order valence-electron chi connectivity index (χ1n) is 7.24. The molecule has 2 N–H and O–H groups in total. The van der Waals surface area contributed by atoms with E-state index in [1.54, 1.807) is 0 Å². The van der Waals surface area contributed by atoms with Crippen LogP contribution in [0.5, 0.6) is 0 Å². The molecule has 0 saturated carbocycles. The molecule has 3 rings (SSSR count). The summed E-state index contributed by atoms with van der Waals surface area (Å²) in [6.07, 6.45) is 0.725. The number of para-hydroxylation sites is 1. The highest BCUT2D eigenvalue weighted by molar-refractivity contribution is 5.87. The van der Waals surface area contributed by atoms with E-state index >= 15 is 0 Å². The van der Waals surface area contributed by atoms with Crippen molar-refractivity contribution in [3.63, 3.8) is 0 Å². The molecular formula is C16H18N4O2. The molecule has 0 aliphatic rings. The minimum atomic E-state index is -0.412. The molecule has 114 valence electrons. The molecule has 1 amide bonds. The Bertz CT molecular complexity index is 817. The zero-order chi connectivity index (χ0) is 15.7. The van der Waals surface area contributed by atoms with Crippen molar-refractivity contribution in [2.45, 2.75) is 26.8 Å². The Morgan fingerprint density at radius 1 is 1.32 bits per heavy atom. The number of primary amides is 1. The van der Waals surface area contributed by atoms with Gasteiger partial charge in [0.1, 0.15) is 12.2 Å². The van der Waals surface area contributed by atoms with E-state index in [1.165, 1.54) is 0 Å². The Kier molecular flexibility index (Phi) is 3.66. The van der Waals surface area contributed by atoms with Crippen molar-refractivity contribution in [3.05, 3.63) is 36.2 Å². The van der Waals surface area contributed by atoms with E-state index in [0.29, 0.717) is 23.4 Å². The van der Waals surface area contributed by atoms with Gasteiger partial charge in [-0.1, -0.05) is 32.0 Å².